The summed E-state index contributed by atoms with van der Waals surface area (Å²) in [5, 5.41) is 35.0. The van der Waals surface area contributed by atoms with E-state index in [0.717, 1.165) is 69.3 Å². The van der Waals surface area contributed by atoms with Gasteiger partial charge in [-0.1, -0.05) is 135 Å². The zero-order valence-electron chi connectivity index (χ0n) is 51.8. The zero-order valence-corrected chi connectivity index (χ0v) is 51.8. The standard InChI is InChI=1S/C61H133N9/c1-24-30-34-51(15)67-55(43-66-61(20,21)50(14)44-70(22,23)39-27-4)56(65-41-48(12)32-25-2)58(63-38-35-47(11)28-5)59(62-37-31-33-45(7)8)57(69-60(18,19)36-26-3)54(68-53(17)49(13)29-6)42-64-52(16)40-46(9)10/h43,45-59,62-69H,24-42,44H2,1-23H3/q+1. The molecule has 13 unspecified atom stereocenters. The first kappa shape index (κ1) is 69.6. The van der Waals surface area contributed by atoms with Crippen molar-refractivity contribution in [1.29, 1.82) is 0 Å². The van der Waals surface area contributed by atoms with Gasteiger partial charge in [0.2, 0.25) is 0 Å². The molecule has 0 aliphatic rings. The Bertz CT molecular complexity index is 1220. The third-order valence-corrected chi connectivity index (χ3v) is 16.4. The highest BCUT2D eigenvalue weighted by molar-refractivity contribution is 5.11. The number of nitrogens with zero attached hydrogens (tertiary/aromatic N) is 1. The molecule has 13 atom stereocenters. The van der Waals surface area contributed by atoms with Crippen molar-refractivity contribution in [2.45, 2.75) is 301 Å². The molecule has 0 amide bonds. The van der Waals surface area contributed by atoms with E-state index in [9.17, 15) is 0 Å². The summed E-state index contributed by atoms with van der Waals surface area (Å²) < 4.78 is 1.04. The molecule has 421 valence electrons. The largest absolute Gasteiger partial charge is 0.328 e. The second-order valence-electron chi connectivity index (χ2n) is 26.3. The molecule has 0 aromatic heterocycles. The summed E-state index contributed by atoms with van der Waals surface area (Å²) in [5.41, 5.74) is -0.165. The van der Waals surface area contributed by atoms with Crippen molar-refractivity contribution in [2.75, 3.05) is 53.4 Å². The van der Waals surface area contributed by atoms with Crippen LogP contribution in [-0.2, 0) is 0 Å². The highest BCUT2D eigenvalue weighted by Gasteiger charge is 2.44. The third-order valence-electron chi connectivity index (χ3n) is 16.4. The highest BCUT2D eigenvalue weighted by Crippen LogP contribution is 2.25. The monoisotopic (exact) mass is 992 g/mol. The summed E-state index contributed by atoms with van der Waals surface area (Å²) in [6.45, 7) is 59.3. The molecular formula is C61H133N9+. The number of rotatable bonds is 46. The van der Waals surface area contributed by atoms with Crippen molar-refractivity contribution in [3.05, 3.63) is 6.54 Å². The third kappa shape index (κ3) is 30.3. The molecule has 0 aromatic carbocycles. The molecule has 0 saturated heterocycles. The van der Waals surface area contributed by atoms with E-state index in [1.165, 1.54) is 64.3 Å². The van der Waals surface area contributed by atoms with Crippen LogP contribution in [0.3, 0.4) is 0 Å². The SMILES string of the molecule is CCCCC(C)NC([CH]NC(C)(C)C(C)C[N+](C)(C)CCC)C(NCC(C)CCC)C(NCCC(C)CC)C(NCCCC(C)C)C(NC(C)(C)CCC)C(CNC(C)CC(C)C)NC(C)C(C)CC. The number of quaternary nitrogens is 1. The predicted molar refractivity (Wildman–Crippen MR) is 315 cm³/mol. The van der Waals surface area contributed by atoms with Gasteiger partial charge in [-0.2, -0.15) is 0 Å². The van der Waals surface area contributed by atoms with E-state index in [-0.39, 0.29) is 47.3 Å². The van der Waals surface area contributed by atoms with Crippen molar-refractivity contribution < 1.29 is 4.48 Å². The minimum absolute atomic E-state index is 0.0605. The number of hydrogen-bond acceptors (Lipinski definition) is 8. The Morgan fingerprint density at radius 2 is 1.19 bits per heavy atom. The van der Waals surface area contributed by atoms with E-state index in [1.54, 1.807) is 0 Å². The maximum atomic E-state index is 4.53. The first-order chi connectivity index (χ1) is 32.7. The molecule has 0 saturated carbocycles. The molecule has 0 aromatic rings. The van der Waals surface area contributed by atoms with Gasteiger partial charge in [-0.05, 0) is 149 Å². The lowest BCUT2D eigenvalue weighted by atomic mass is 9.82. The summed E-state index contributed by atoms with van der Waals surface area (Å²) >= 11 is 0. The van der Waals surface area contributed by atoms with E-state index in [2.05, 4.69) is 209 Å². The van der Waals surface area contributed by atoms with Gasteiger partial charge in [0.25, 0.3) is 0 Å². The second-order valence-corrected chi connectivity index (χ2v) is 26.3. The number of unbranched alkanes of at least 4 members (excludes halogenated alkanes) is 1. The van der Waals surface area contributed by atoms with Crippen LogP contribution in [0.5, 0.6) is 0 Å². The Hall–Kier alpha value is -0.360. The second kappa shape index (κ2) is 37.4. The fourth-order valence-corrected chi connectivity index (χ4v) is 11.0. The summed E-state index contributed by atoms with van der Waals surface area (Å²) in [6, 6.07) is 1.81. The molecule has 70 heavy (non-hydrogen) atoms. The first-order valence-electron chi connectivity index (χ1n) is 30.4. The molecular weight excluding hydrogens is 859 g/mol. The molecule has 0 fully saturated rings. The Balaban J connectivity index is 8.58. The van der Waals surface area contributed by atoms with Gasteiger partial charge in [0.15, 0.2) is 0 Å². The van der Waals surface area contributed by atoms with Crippen molar-refractivity contribution in [1.82, 2.24) is 42.5 Å². The van der Waals surface area contributed by atoms with Crippen LogP contribution in [0.25, 0.3) is 0 Å². The fraction of sp³-hybridized carbons (Fsp3) is 0.984. The first-order valence-corrected chi connectivity index (χ1v) is 30.4. The molecule has 0 spiro atoms. The lowest BCUT2D eigenvalue weighted by molar-refractivity contribution is -0.894. The molecule has 8 N–H and O–H groups in total. The van der Waals surface area contributed by atoms with E-state index in [4.69, 9.17) is 0 Å². The van der Waals surface area contributed by atoms with Crippen LogP contribution in [-0.4, -0.2) is 123 Å². The Morgan fingerprint density at radius 1 is 0.543 bits per heavy atom. The molecule has 0 aliphatic carbocycles. The minimum Gasteiger partial charge on any atom is -0.328 e. The quantitative estimate of drug-likeness (QED) is 0.0226. The van der Waals surface area contributed by atoms with Gasteiger partial charge in [0.1, 0.15) is 0 Å². The van der Waals surface area contributed by atoms with Gasteiger partial charge in [0, 0.05) is 84.5 Å². The van der Waals surface area contributed by atoms with Crippen LogP contribution < -0.4 is 42.5 Å². The highest BCUT2D eigenvalue weighted by atomic mass is 15.3. The predicted octanol–water partition coefficient (Wildman–Crippen LogP) is 12.3. The summed E-state index contributed by atoms with van der Waals surface area (Å²) in [7, 11) is 4.83. The molecule has 0 rings (SSSR count). The Kier molecular flexibility index (Phi) is 37.2. The van der Waals surface area contributed by atoms with Gasteiger partial charge in [0.05, 0.1) is 27.2 Å². The smallest absolute Gasteiger partial charge is 0.0826 e. The summed E-state index contributed by atoms with van der Waals surface area (Å²) in [6.07, 6.45) is 16.6. The van der Waals surface area contributed by atoms with Gasteiger partial charge in [-0.3, -0.25) is 0 Å². The molecule has 9 nitrogen and oxygen atoms in total. The average Bonchev–Trinajstić information content (AvgIpc) is 3.26. The lowest BCUT2D eigenvalue weighted by Crippen LogP contribution is -2.75. The van der Waals surface area contributed by atoms with Gasteiger partial charge < -0.3 is 47.0 Å². The van der Waals surface area contributed by atoms with E-state index in [0.29, 0.717) is 53.6 Å². The van der Waals surface area contributed by atoms with Crippen LogP contribution in [0.2, 0.25) is 0 Å². The molecule has 1 radical (unpaired) electrons. The number of hydrogen-bond donors (Lipinski definition) is 8. The number of nitrogens with one attached hydrogen (secondary N) is 8. The van der Waals surface area contributed by atoms with E-state index >= 15 is 0 Å². The van der Waals surface area contributed by atoms with Gasteiger partial charge in [-0.15, -0.1) is 0 Å². The van der Waals surface area contributed by atoms with Crippen LogP contribution in [0.15, 0.2) is 0 Å². The Labute approximate surface area is 441 Å². The van der Waals surface area contributed by atoms with Crippen molar-refractivity contribution in [3.63, 3.8) is 0 Å². The molecule has 0 bridgehead atoms. The van der Waals surface area contributed by atoms with E-state index < -0.39 is 0 Å². The van der Waals surface area contributed by atoms with E-state index in [1.807, 2.05) is 0 Å². The zero-order chi connectivity index (χ0) is 53.7. The maximum Gasteiger partial charge on any atom is 0.0826 e. The average molecular weight is 993 g/mol. The van der Waals surface area contributed by atoms with Crippen LogP contribution >= 0.6 is 0 Å². The van der Waals surface area contributed by atoms with Crippen LogP contribution in [0, 0.1) is 42.1 Å². The molecule has 9 heteroatoms. The van der Waals surface area contributed by atoms with Crippen LogP contribution in [0.1, 0.15) is 235 Å². The van der Waals surface area contributed by atoms with Crippen molar-refractivity contribution in [3.8, 4) is 0 Å². The van der Waals surface area contributed by atoms with Crippen molar-refractivity contribution in [2.24, 2.45) is 35.5 Å². The topological polar surface area (TPSA) is 96.2 Å². The normalized spacial score (nSPS) is 18.8. The minimum atomic E-state index is -0.0996. The molecule has 0 heterocycles. The molecule has 0 aliphatic heterocycles. The fourth-order valence-electron chi connectivity index (χ4n) is 11.0. The van der Waals surface area contributed by atoms with Gasteiger partial charge >= 0.3 is 0 Å². The van der Waals surface area contributed by atoms with Crippen LogP contribution in [0.4, 0.5) is 0 Å². The summed E-state index contributed by atoms with van der Waals surface area (Å²) in [4.78, 5) is 0. The Morgan fingerprint density at radius 3 is 1.74 bits per heavy atom. The van der Waals surface area contributed by atoms with Gasteiger partial charge in [-0.25, -0.2) is 0 Å². The van der Waals surface area contributed by atoms with Crippen molar-refractivity contribution >= 4 is 0 Å². The maximum absolute atomic E-state index is 4.53. The lowest BCUT2D eigenvalue weighted by Gasteiger charge is -2.49. The summed E-state index contributed by atoms with van der Waals surface area (Å²) in [5.74, 6) is 3.58.